The Balaban J connectivity index is 1.45. The van der Waals surface area contributed by atoms with Crippen molar-refractivity contribution in [2.45, 2.75) is 6.54 Å². The molecule has 2 amide bonds. The Hall–Kier alpha value is -3.22. The van der Waals surface area contributed by atoms with Crippen LogP contribution in [0.1, 0.15) is 25.6 Å². The van der Waals surface area contributed by atoms with Gasteiger partial charge in [0.1, 0.15) is 10.7 Å². The highest BCUT2D eigenvalue weighted by molar-refractivity contribution is 7.21. The summed E-state index contributed by atoms with van der Waals surface area (Å²) in [6.45, 7) is 0.226. The van der Waals surface area contributed by atoms with Gasteiger partial charge in [-0.25, -0.2) is 4.39 Å². The number of amides is 2. The van der Waals surface area contributed by atoms with E-state index in [4.69, 9.17) is 11.6 Å². The summed E-state index contributed by atoms with van der Waals surface area (Å²) < 4.78 is 14.0. The molecule has 0 bridgehead atoms. The van der Waals surface area contributed by atoms with Crippen molar-refractivity contribution in [1.82, 2.24) is 5.32 Å². The maximum atomic E-state index is 13.4. The van der Waals surface area contributed by atoms with Crippen LogP contribution in [-0.2, 0) is 6.54 Å². The van der Waals surface area contributed by atoms with Crippen molar-refractivity contribution >= 4 is 50.5 Å². The molecule has 150 valence electrons. The molecule has 0 aliphatic rings. The third-order valence-corrected chi connectivity index (χ3v) is 6.13. The number of hydrogen-bond acceptors (Lipinski definition) is 3. The number of para-hydroxylation sites is 1. The van der Waals surface area contributed by atoms with Crippen LogP contribution in [0.2, 0.25) is 5.02 Å². The number of benzene rings is 3. The number of thiophene rings is 1. The predicted octanol–water partition coefficient (Wildman–Crippen LogP) is 5.88. The highest BCUT2D eigenvalue weighted by Crippen LogP contribution is 2.35. The van der Waals surface area contributed by atoms with Gasteiger partial charge >= 0.3 is 0 Å². The minimum Gasteiger partial charge on any atom is -0.347 e. The van der Waals surface area contributed by atoms with Crippen LogP contribution in [-0.4, -0.2) is 11.8 Å². The van der Waals surface area contributed by atoms with Gasteiger partial charge in [-0.15, -0.1) is 11.3 Å². The molecule has 3 aromatic carbocycles. The van der Waals surface area contributed by atoms with E-state index in [-0.39, 0.29) is 24.2 Å². The van der Waals surface area contributed by atoms with Gasteiger partial charge in [0, 0.05) is 27.9 Å². The highest BCUT2D eigenvalue weighted by atomic mass is 35.5. The smallest absolute Gasteiger partial charge is 0.263 e. The topological polar surface area (TPSA) is 58.2 Å². The largest absolute Gasteiger partial charge is 0.347 e. The number of hydrogen-bond donors (Lipinski definition) is 2. The second kappa shape index (κ2) is 8.65. The average Bonchev–Trinajstić information content (AvgIpc) is 3.08. The summed E-state index contributed by atoms with van der Waals surface area (Å²) in [6.07, 6.45) is 0. The maximum absolute atomic E-state index is 13.4. The summed E-state index contributed by atoms with van der Waals surface area (Å²) in [7, 11) is 0. The Kier molecular flexibility index (Phi) is 5.79. The molecule has 0 atom stereocenters. The number of fused-ring (bicyclic) bond motifs is 1. The van der Waals surface area contributed by atoms with Gasteiger partial charge in [-0.3, -0.25) is 9.59 Å². The summed E-state index contributed by atoms with van der Waals surface area (Å²) in [6, 6.07) is 20.4. The van der Waals surface area contributed by atoms with Crippen LogP contribution in [0.25, 0.3) is 10.1 Å². The van der Waals surface area contributed by atoms with Crippen molar-refractivity contribution in [3.05, 3.63) is 99.6 Å². The third-order valence-electron chi connectivity index (χ3n) is 4.47. The molecule has 0 spiro atoms. The number of halogens is 2. The molecule has 0 radical (unpaired) electrons. The SMILES string of the molecule is O=C(Nc1ccccc1)c1cccc(CNC(=O)c2sc3cc(F)ccc3c2Cl)c1. The van der Waals surface area contributed by atoms with E-state index in [1.807, 2.05) is 36.4 Å². The lowest BCUT2D eigenvalue weighted by molar-refractivity contribution is 0.0954. The lowest BCUT2D eigenvalue weighted by Gasteiger charge is -2.08. The molecule has 2 N–H and O–H groups in total. The molecule has 4 nitrogen and oxygen atoms in total. The van der Waals surface area contributed by atoms with Gasteiger partial charge < -0.3 is 10.6 Å². The molecule has 30 heavy (non-hydrogen) atoms. The normalized spacial score (nSPS) is 10.7. The van der Waals surface area contributed by atoms with Crippen molar-refractivity contribution < 1.29 is 14.0 Å². The monoisotopic (exact) mass is 438 g/mol. The highest BCUT2D eigenvalue weighted by Gasteiger charge is 2.17. The van der Waals surface area contributed by atoms with Gasteiger partial charge in [0.05, 0.1) is 5.02 Å². The molecule has 0 aliphatic heterocycles. The van der Waals surface area contributed by atoms with Crippen molar-refractivity contribution in [2.75, 3.05) is 5.32 Å². The van der Waals surface area contributed by atoms with Gasteiger partial charge in [-0.2, -0.15) is 0 Å². The number of anilines is 1. The molecule has 0 unspecified atom stereocenters. The summed E-state index contributed by atoms with van der Waals surface area (Å²) in [5.74, 6) is -0.956. The van der Waals surface area contributed by atoms with Crippen LogP contribution in [0.15, 0.2) is 72.8 Å². The molecule has 4 aromatic rings. The van der Waals surface area contributed by atoms with E-state index < -0.39 is 0 Å². The van der Waals surface area contributed by atoms with Crippen LogP contribution in [0.3, 0.4) is 0 Å². The number of nitrogens with one attached hydrogen (secondary N) is 2. The average molecular weight is 439 g/mol. The fourth-order valence-corrected chi connectivity index (χ4v) is 4.45. The number of carbonyl (C=O) groups is 2. The lowest BCUT2D eigenvalue weighted by Crippen LogP contribution is -2.22. The van der Waals surface area contributed by atoms with Gasteiger partial charge in [0.25, 0.3) is 11.8 Å². The van der Waals surface area contributed by atoms with E-state index in [2.05, 4.69) is 10.6 Å². The second-order valence-corrected chi connectivity index (χ2v) is 8.02. The molecule has 0 saturated heterocycles. The Morgan fingerprint density at radius 3 is 2.53 bits per heavy atom. The number of rotatable bonds is 5. The van der Waals surface area contributed by atoms with Crippen LogP contribution < -0.4 is 10.6 Å². The molecule has 0 aliphatic carbocycles. The number of carbonyl (C=O) groups excluding carboxylic acids is 2. The summed E-state index contributed by atoms with van der Waals surface area (Å²) in [5.41, 5.74) is 1.96. The Morgan fingerprint density at radius 1 is 0.933 bits per heavy atom. The van der Waals surface area contributed by atoms with Crippen molar-refractivity contribution in [3.63, 3.8) is 0 Å². The first-order chi connectivity index (χ1) is 14.5. The Morgan fingerprint density at radius 2 is 1.73 bits per heavy atom. The third kappa shape index (κ3) is 4.35. The van der Waals surface area contributed by atoms with Crippen molar-refractivity contribution in [1.29, 1.82) is 0 Å². The first-order valence-corrected chi connectivity index (χ1v) is 10.3. The zero-order chi connectivity index (χ0) is 21.1. The maximum Gasteiger partial charge on any atom is 0.263 e. The lowest BCUT2D eigenvalue weighted by atomic mass is 10.1. The Bertz CT molecular complexity index is 1240. The van der Waals surface area contributed by atoms with E-state index in [1.165, 1.54) is 12.1 Å². The summed E-state index contributed by atoms with van der Waals surface area (Å²) in [4.78, 5) is 25.4. The standard InChI is InChI=1S/C23H16ClFN2O2S/c24-20-18-10-9-16(25)12-19(18)30-21(20)23(29)26-13-14-5-4-6-15(11-14)22(28)27-17-7-2-1-3-8-17/h1-12H,13H2,(H,26,29)(H,27,28). The van der Waals surface area contributed by atoms with Crippen LogP contribution in [0.5, 0.6) is 0 Å². The van der Waals surface area contributed by atoms with Crippen LogP contribution >= 0.6 is 22.9 Å². The minimum atomic E-state index is -0.377. The van der Waals surface area contributed by atoms with Gasteiger partial charge in [0.2, 0.25) is 0 Å². The quantitative estimate of drug-likeness (QED) is 0.409. The summed E-state index contributed by atoms with van der Waals surface area (Å²) >= 11 is 7.45. The fourth-order valence-electron chi connectivity index (χ4n) is 2.99. The molecular formula is C23H16ClFN2O2S. The molecule has 0 fully saturated rings. The van der Waals surface area contributed by atoms with E-state index in [0.29, 0.717) is 31.2 Å². The van der Waals surface area contributed by atoms with E-state index in [1.54, 1.807) is 24.3 Å². The van der Waals surface area contributed by atoms with Crippen molar-refractivity contribution in [2.24, 2.45) is 0 Å². The van der Waals surface area contributed by atoms with E-state index in [9.17, 15) is 14.0 Å². The molecule has 1 aromatic heterocycles. The van der Waals surface area contributed by atoms with E-state index in [0.717, 1.165) is 16.9 Å². The summed E-state index contributed by atoms with van der Waals surface area (Å²) in [5, 5.41) is 6.59. The minimum absolute atomic E-state index is 0.226. The first-order valence-electron chi connectivity index (χ1n) is 9.12. The van der Waals surface area contributed by atoms with Gasteiger partial charge in [-0.05, 0) is 48.0 Å². The second-order valence-electron chi connectivity index (χ2n) is 6.59. The molecule has 7 heteroatoms. The predicted molar refractivity (Wildman–Crippen MR) is 119 cm³/mol. The van der Waals surface area contributed by atoms with Crippen LogP contribution in [0.4, 0.5) is 10.1 Å². The Labute approximate surface area is 181 Å². The first kappa shape index (κ1) is 20.1. The van der Waals surface area contributed by atoms with E-state index >= 15 is 0 Å². The van der Waals surface area contributed by atoms with Gasteiger partial charge in [-0.1, -0.05) is 41.9 Å². The molecule has 4 rings (SSSR count). The van der Waals surface area contributed by atoms with Crippen LogP contribution in [0, 0.1) is 5.82 Å². The zero-order valence-corrected chi connectivity index (χ0v) is 17.2. The zero-order valence-electron chi connectivity index (χ0n) is 15.6. The van der Waals surface area contributed by atoms with Gasteiger partial charge in [0.15, 0.2) is 0 Å². The fraction of sp³-hybridized carbons (Fsp3) is 0.0435. The van der Waals surface area contributed by atoms with Crippen molar-refractivity contribution in [3.8, 4) is 0 Å². The molecule has 1 heterocycles. The molecule has 0 saturated carbocycles. The molecular weight excluding hydrogens is 423 g/mol.